The Balaban J connectivity index is 1.86. The molecule has 156 valence electrons. The molecule has 1 heterocycles. The van der Waals surface area contributed by atoms with E-state index in [4.69, 9.17) is 4.74 Å². The predicted molar refractivity (Wildman–Crippen MR) is 126 cm³/mol. The van der Waals surface area contributed by atoms with Crippen molar-refractivity contribution in [2.75, 3.05) is 23.4 Å². The van der Waals surface area contributed by atoms with Gasteiger partial charge in [0.05, 0.1) is 6.21 Å². The summed E-state index contributed by atoms with van der Waals surface area (Å²) in [6.45, 7) is 8.41. The summed E-state index contributed by atoms with van der Waals surface area (Å²) in [5.41, 5.74) is 6.39. The standard InChI is InChI=1S/C25H30N4O/c1-4-14-29(15-5-2)22-17-24(28-26-19-21-11-9-10-20(3)16-21)27-25(18-22)30-23-12-7-6-8-13-23/h6-13,16-19H,4-5,14-15H2,1-3H3,(H,27,28)/b26-19+. The Morgan fingerprint density at radius 1 is 0.967 bits per heavy atom. The maximum absolute atomic E-state index is 6.02. The summed E-state index contributed by atoms with van der Waals surface area (Å²) in [7, 11) is 0. The number of aromatic nitrogens is 1. The maximum atomic E-state index is 6.02. The van der Waals surface area contributed by atoms with E-state index in [0.717, 1.165) is 42.9 Å². The lowest BCUT2D eigenvalue weighted by atomic mass is 10.2. The third-order valence-corrected chi connectivity index (χ3v) is 4.54. The van der Waals surface area contributed by atoms with Gasteiger partial charge >= 0.3 is 0 Å². The monoisotopic (exact) mass is 402 g/mol. The van der Waals surface area contributed by atoms with Crippen LogP contribution in [0.3, 0.4) is 0 Å². The number of nitrogens with one attached hydrogen (secondary N) is 1. The van der Waals surface area contributed by atoms with Crippen molar-refractivity contribution < 1.29 is 4.74 Å². The van der Waals surface area contributed by atoms with Gasteiger partial charge in [0.25, 0.3) is 0 Å². The average molecular weight is 403 g/mol. The second-order valence-corrected chi connectivity index (χ2v) is 7.24. The molecule has 2 aromatic carbocycles. The van der Waals surface area contributed by atoms with Crippen LogP contribution in [0, 0.1) is 6.92 Å². The SMILES string of the molecule is CCCN(CCC)c1cc(N/N=C/c2cccc(C)c2)nc(Oc2ccccc2)c1. The molecule has 3 rings (SSSR count). The molecule has 0 aliphatic rings. The number of hydrogen-bond donors (Lipinski definition) is 1. The topological polar surface area (TPSA) is 49.8 Å². The van der Waals surface area contributed by atoms with Crippen LogP contribution in [0.5, 0.6) is 11.6 Å². The highest BCUT2D eigenvalue weighted by Gasteiger charge is 2.10. The average Bonchev–Trinajstić information content (AvgIpc) is 2.74. The largest absolute Gasteiger partial charge is 0.439 e. The van der Waals surface area contributed by atoms with Crippen LogP contribution >= 0.6 is 0 Å². The Morgan fingerprint density at radius 3 is 2.43 bits per heavy atom. The number of para-hydroxylation sites is 1. The molecule has 1 N–H and O–H groups in total. The molecule has 0 saturated heterocycles. The predicted octanol–water partition coefficient (Wildman–Crippen LogP) is 6.25. The molecule has 3 aromatic rings. The first-order valence-corrected chi connectivity index (χ1v) is 10.5. The third kappa shape index (κ3) is 6.34. The molecule has 0 aliphatic heterocycles. The number of rotatable bonds is 10. The molecule has 0 atom stereocenters. The van der Waals surface area contributed by atoms with Crippen LogP contribution in [0.15, 0.2) is 71.8 Å². The fourth-order valence-electron chi connectivity index (χ4n) is 3.23. The van der Waals surface area contributed by atoms with Crippen molar-refractivity contribution in [3.8, 4) is 11.6 Å². The molecule has 1 aromatic heterocycles. The van der Waals surface area contributed by atoms with Crippen molar-refractivity contribution in [2.24, 2.45) is 5.10 Å². The molecule has 30 heavy (non-hydrogen) atoms. The third-order valence-electron chi connectivity index (χ3n) is 4.54. The fraction of sp³-hybridized carbons (Fsp3) is 0.280. The van der Waals surface area contributed by atoms with Gasteiger partial charge in [-0.1, -0.05) is 61.9 Å². The van der Waals surface area contributed by atoms with E-state index in [-0.39, 0.29) is 0 Å². The summed E-state index contributed by atoms with van der Waals surface area (Å²) < 4.78 is 6.02. The Labute approximate surface area is 179 Å². The van der Waals surface area contributed by atoms with E-state index in [0.29, 0.717) is 11.7 Å². The molecule has 0 bridgehead atoms. The van der Waals surface area contributed by atoms with Crippen molar-refractivity contribution in [3.63, 3.8) is 0 Å². The molecular weight excluding hydrogens is 372 g/mol. The Kier molecular flexibility index (Phi) is 7.84. The summed E-state index contributed by atoms with van der Waals surface area (Å²) in [6, 6.07) is 21.9. The molecular formula is C25H30N4O. The van der Waals surface area contributed by atoms with Gasteiger partial charge in [0.1, 0.15) is 5.75 Å². The number of hydrazone groups is 1. The van der Waals surface area contributed by atoms with E-state index in [2.05, 4.69) is 53.3 Å². The highest BCUT2D eigenvalue weighted by molar-refractivity contribution is 5.80. The van der Waals surface area contributed by atoms with Crippen LogP contribution in [-0.2, 0) is 0 Å². The van der Waals surface area contributed by atoms with Crippen LogP contribution in [0.1, 0.15) is 37.8 Å². The van der Waals surface area contributed by atoms with Gasteiger partial charge in [0.15, 0.2) is 5.82 Å². The van der Waals surface area contributed by atoms with Crippen LogP contribution in [0.25, 0.3) is 0 Å². The fourth-order valence-corrected chi connectivity index (χ4v) is 3.23. The summed E-state index contributed by atoms with van der Waals surface area (Å²) in [4.78, 5) is 6.96. The first-order valence-electron chi connectivity index (χ1n) is 10.5. The van der Waals surface area contributed by atoms with E-state index in [1.165, 1.54) is 5.56 Å². The highest BCUT2D eigenvalue weighted by Crippen LogP contribution is 2.27. The van der Waals surface area contributed by atoms with E-state index in [1.54, 1.807) is 6.21 Å². The number of anilines is 2. The summed E-state index contributed by atoms with van der Waals surface area (Å²) in [6.07, 6.45) is 3.95. The highest BCUT2D eigenvalue weighted by atomic mass is 16.5. The second-order valence-electron chi connectivity index (χ2n) is 7.24. The van der Waals surface area contributed by atoms with Gasteiger partial charge in [-0.05, 0) is 37.5 Å². The van der Waals surface area contributed by atoms with Gasteiger partial charge in [0.2, 0.25) is 5.88 Å². The van der Waals surface area contributed by atoms with Crippen molar-refractivity contribution in [1.82, 2.24) is 4.98 Å². The number of pyridine rings is 1. The van der Waals surface area contributed by atoms with Crippen molar-refractivity contribution in [3.05, 3.63) is 77.9 Å². The van der Waals surface area contributed by atoms with E-state index >= 15 is 0 Å². The van der Waals surface area contributed by atoms with Gasteiger partial charge in [0, 0.05) is 30.9 Å². The quantitative estimate of drug-likeness (QED) is 0.321. The van der Waals surface area contributed by atoms with Crippen molar-refractivity contribution in [2.45, 2.75) is 33.6 Å². The minimum atomic E-state index is 0.546. The summed E-state index contributed by atoms with van der Waals surface area (Å²) >= 11 is 0. The number of ether oxygens (including phenoxy) is 1. The zero-order chi connectivity index (χ0) is 21.2. The van der Waals surface area contributed by atoms with E-state index in [1.807, 2.05) is 54.6 Å². The zero-order valence-corrected chi connectivity index (χ0v) is 18.0. The van der Waals surface area contributed by atoms with Crippen LogP contribution in [-0.4, -0.2) is 24.3 Å². The second kappa shape index (κ2) is 11.0. The van der Waals surface area contributed by atoms with E-state index in [9.17, 15) is 0 Å². The maximum Gasteiger partial charge on any atom is 0.223 e. The molecule has 0 fully saturated rings. The number of aryl methyl sites for hydroxylation is 1. The van der Waals surface area contributed by atoms with E-state index < -0.39 is 0 Å². The normalized spacial score (nSPS) is 10.9. The summed E-state index contributed by atoms with van der Waals surface area (Å²) in [5.74, 6) is 1.96. The first kappa shape index (κ1) is 21.4. The molecule has 0 saturated carbocycles. The number of hydrogen-bond acceptors (Lipinski definition) is 5. The van der Waals surface area contributed by atoms with Gasteiger partial charge in [-0.3, -0.25) is 5.43 Å². The van der Waals surface area contributed by atoms with Gasteiger partial charge in [-0.15, -0.1) is 0 Å². The first-order chi connectivity index (χ1) is 14.7. The number of benzene rings is 2. The zero-order valence-electron chi connectivity index (χ0n) is 18.0. The lowest BCUT2D eigenvalue weighted by molar-refractivity contribution is 0.463. The lowest BCUT2D eigenvalue weighted by Crippen LogP contribution is -2.25. The molecule has 5 heteroatoms. The van der Waals surface area contributed by atoms with Gasteiger partial charge in [-0.2, -0.15) is 10.1 Å². The molecule has 0 radical (unpaired) electrons. The van der Waals surface area contributed by atoms with Gasteiger partial charge in [-0.25, -0.2) is 0 Å². The Bertz CT molecular complexity index is 950. The number of nitrogens with zero attached hydrogens (tertiary/aromatic N) is 3. The smallest absolute Gasteiger partial charge is 0.223 e. The summed E-state index contributed by atoms with van der Waals surface area (Å²) in [5, 5.41) is 4.38. The van der Waals surface area contributed by atoms with Crippen molar-refractivity contribution >= 4 is 17.7 Å². The molecule has 0 spiro atoms. The minimum absolute atomic E-state index is 0.546. The molecule has 5 nitrogen and oxygen atoms in total. The minimum Gasteiger partial charge on any atom is -0.439 e. The molecule has 0 amide bonds. The Hall–Kier alpha value is -3.34. The van der Waals surface area contributed by atoms with Crippen LogP contribution in [0.4, 0.5) is 11.5 Å². The van der Waals surface area contributed by atoms with Gasteiger partial charge < -0.3 is 9.64 Å². The Morgan fingerprint density at radius 2 is 1.73 bits per heavy atom. The van der Waals surface area contributed by atoms with Crippen molar-refractivity contribution in [1.29, 1.82) is 0 Å². The molecule has 0 unspecified atom stereocenters. The molecule has 0 aliphatic carbocycles. The lowest BCUT2D eigenvalue weighted by Gasteiger charge is -2.24. The van der Waals surface area contributed by atoms with Crippen LogP contribution < -0.4 is 15.1 Å². The van der Waals surface area contributed by atoms with Crippen LogP contribution in [0.2, 0.25) is 0 Å².